The Hall–Kier alpha value is -2.24. The highest BCUT2D eigenvalue weighted by Gasteiger charge is 2.14. The molecule has 4 rings (SSSR count). The Morgan fingerprint density at radius 1 is 1.04 bits per heavy atom. The number of hydrogen-bond acceptors (Lipinski definition) is 4. The van der Waals surface area contributed by atoms with Gasteiger partial charge >= 0.3 is 0 Å². The normalized spacial score (nSPS) is 11.0. The van der Waals surface area contributed by atoms with Crippen molar-refractivity contribution in [2.24, 2.45) is 0 Å². The van der Waals surface area contributed by atoms with Crippen LogP contribution in [0.1, 0.15) is 12.5 Å². The van der Waals surface area contributed by atoms with Crippen LogP contribution >= 0.6 is 27.3 Å². The summed E-state index contributed by atoms with van der Waals surface area (Å²) in [5.41, 5.74) is 4.69. The second-order valence-electron chi connectivity index (χ2n) is 5.69. The average Bonchev–Trinajstić information content (AvgIpc) is 3.08. The molecule has 0 aliphatic carbocycles. The number of benzene rings is 2. The third-order valence-electron chi connectivity index (χ3n) is 4.18. The molecule has 0 unspecified atom stereocenters. The van der Waals surface area contributed by atoms with Crippen molar-refractivity contribution in [2.75, 3.05) is 5.32 Å². The number of para-hydroxylation sites is 1. The molecule has 0 saturated heterocycles. The summed E-state index contributed by atoms with van der Waals surface area (Å²) in [6.07, 6.45) is 2.60. The van der Waals surface area contributed by atoms with Gasteiger partial charge in [-0.3, -0.25) is 0 Å². The number of hydrogen-bond donors (Lipinski definition) is 1. The van der Waals surface area contributed by atoms with Crippen molar-refractivity contribution in [2.45, 2.75) is 13.3 Å². The highest BCUT2D eigenvalue weighted by molar-refractivity contribution is 9.10. The minimum Gasteiger partial charge on any atom is -0.339 e. The van der Waals surface area contributed by atoms with Gasteiger partial charge in [0.15, 0.2) is 0 Å². The maximum absolute atomic E-state index is 4.53. The zero-order valence-electron chi connectivity index (χ0n) is 13.7. The van der Waals surface area contributed by atoms with Crippen LogP contribution in [0.15, 0.2) is 64.7 Å². The number of thiophene rings is 1. The molecule has 2 aromatic heterocycles. The molecule has 2 heterocycles. The van der Waals surface area contributed by atoms with E-state index in [0.29, 0.717) is 0 Å². The van der Waals surface area contributed by atoms with E-state index in [0.717, 1.165) is 43.7 Å². The Morgan fingerprint density at radius 2 is 1.84 bits per heavy atom. The van der Waals surface area contributed by atoms with Crippen molar-refractivity contribution in [3.63, 3.8) is 0 Å². The molecule has 0 fully saturated rings. The lowest BCUT2D eigenvalue weighted by Gasteiger charge is -2.12. The Balaban J connectivity index is 1.84. The standard InChI is InChI=1S/C20H16BrN3S/c1-2-13-5-3-4-6-17(13)24-19-18-16(11-25-20(18)23-12-22-19)14-7-9-15(21)10-8-14/h3-12H,2H2,1H3,(H,22,23,24). The first-order chi connectivity index (χ1) is 12.3. The fraction of sp³-hybridized carbons (Fsp3) is 0.100. The predicted octanol–water partition coefficient (Wildman–Crippen LogP) is 6.43. The van der Waals surface area contributed by atoms with Gasteiger partial charge in [-0.1, -0.05) is 53.2 Å². The third kappa shape index (κ3) is 3.17. The van der Waals surface area contributed by atoms with Gasteiger partial charge in [-0.2, -0.15) is 0 Å². The molecule has 1 N–H and O–H groups in total. The van der Waals surface area contributed by atoms with Crippen molar-refractivity contribution < 1.29 is 0 Å². The summed E-state index contributed by atoms with van der Waals surface area (Å²) in [6, 6.07) is 16.7. The first-order valence-electron chi connectivity index (χ1n) is 8.09. The minimum atomic E-state index is 0.852. The van der Waals surface area contributed by atoms with Gasteiger partial charge < -0.3 is 5.32 Å². The molecule has 0 aliphatic heterocycles. The highest BCUT2D eigenvalue weighted by atomic mass is 79.9. The molecular weight excluding hydrogens is 394 g/mol. The van der Waals surface area contributed by atoms with Crippen molar-refractivity contribution >= 4 is 49.0 Å². The first-order valence-corrected chi connectivity index (χ1v) is 9.76. The summed E-state index contributed by atoms with van der Waals surface area (Å²) >= 11 is 5.14. The van der Waals surface area contributed by atoms with E-state index in [-0.39, 0.29) is 0 Å². The summed E-state index contributed by atoms with van der Waals surface area (Å²) in [5, 5.41) is 6.74. The zero-order valence-corrected chi connectivity index (χ0v) is 16.1. The summed E-state index contributed by atoms with van der Waals surface area (Å²) in [7, 11) is 0. The molecule has 0 aliphatic rings. The number of nitrogens with zero attached hydrogens (tertiary/aromatic N) is 2. The predicted molar refractivity (Wildman–Crippen MR) is 110 cm³/mol. The molecule has 0 bridgehead atoms. The van der Waals surface area contributed by atoms with Crippen LogP contribution in [0.4, 0.5) is 11.5 Å². The average molecular weight is 410 g/mol. The number of anilines is 2. The van der Waals surface area contributed by atoms with E-state index >= 15 is 0 Å². The van der Waals surface area contributed by atoms with Crippen LogP contribution in [-0.4, -0.2) is 9.97 Å². The van der Waals surface area contributed by atoms with Gasteiger partial charge in [-0.25, -0.2) is 9.97 Å². The molecule has 0 amide bonds. The lowest BCUT2D eigenvalue weighted by Crippen LogP contribution is -1.98. The lowest BCUT2D eigenvalue weighted by molar-refractivity contribution is 1.14. The largest absolute Gasteiger partial charge is 0.339 e. The van der Waals surface area contributed by atoms with Gasteiger partial charge in [-0.15, -0.1) is 11.3 Å². The van der Waals surface area contributed by atoms with E-state index in [9.17, 15) is 0 Å². The second-order valence-corrected chi connectivity index (χ2v) is 7.47. The second kappa shape index (κ2) is 6.94. The fourth-order valence-corrected chi connectivity index (χ4v) is 4.07. The molecule has 2 aromatic carbocycles. The van der Waals surface area contributed by atoms with E-state index in [4.69, 9.17) is 0 Å². The van der Waals surface area contributed by atoms with Crippen LogP contribution in [-0.2, 0) is 6.42 Å². The van der Waals surface area contributed by atoms with Gasteiger partial charge in [0.2, 0.25) is 0 Å². The molecule has 0 spiro atoms. The number of aryl methyl sites for hydroxylation is 1. The quantitative estimate of drug-likeness (QED) is 0.422. The van der Waals surface area contributed by atoms with Crippen LogP contribution < -0.4 is 5.32 Å². The van der Waals surface area contributed by atoms with E-state index < -0.39 is 0 Å². The van der Waals surface area contributed by atoms with E-state index in [1.807, 2.05) is 6.07 Å². The van der Waals surface area contributed by atoms with E-state index in [1.165, 1.54) is 5.56 Å². The van der Waals surface area contributed by atoms with Gasteiger partial charge in [0.05, 0.1) is 5.39 Å². The van der Waals surface area contributed by atoms with Crippen molar-refractivity contribution in [1.29, 1.82) is 0 Å². The van der Waals surface area contributed by atoms with Crippen LogP contribution in [0.25, 0.3) is 21.3 Å². The molecule has 0 saturated carbocycles. The summed E-state index contributed by atoms with van der Waals surface area (Å²) in [4.78, 5) is 9.97. The maximum atomic E-state index is 4.53. The Bertz CT molecular complexity index is 1020. The molecule has 4 aromatic rings. The van der Waals surface area contributed by atoms with E-state index in [2.05, 4.69) is 86.0 Å². The number of nitrogens with one attached hydrogen (secondary N) is 1. The van der Waals surface area contributed by atoms with E-state index in [1.54, 1.807) is 17.7 Å². The number of aromatic nitrogens is 2. The monoisotopic (exact) mass is 409 g/mol. The van der Waals surface area contributed by atoms with Crippen LogP contribution in [0.5, 0.6) is 0 Å². The number of halogens is 1. The molecule has 5 heteroatoms. The van der Waals surface area contributed by atoms with Crippen LogP contribution in [0, 0.1) is 0 Å². The summed E-state index contributed by atoms with van der Waals surface area (Å²) in [5.74, 6) is 0.852. The van der Waals surface area contributed by atoms with Crippen LogP contribution in [0.2, 0.25) is 0 Å². The molecule has 124 valence electrons. The molecular formula is C20H16BrN3S. The maximum Gasteiger partial charge on any atom is 0.143 e. The molecule has 3 nitrogen and oxygen atoms in total. The SMILES string of the molecule is CCc1ccccc1Nc1ncnc2scc(-c3ccc(Br)cc3)c12. The molecule has 0 atom stereocenters. The topological polar surface area (TPSA) is 37.8 Å². The number of fused-ring (bicyclic) bond motifs is 1. The Morgan fingerprint density at radius 3 is 2.64 bits per heavy atom. The highest BCUT2D eigenvalue weighted by Crippen LogP contribution is 2.38. The Labute approximate surface area is 158 Å². The first kappa shape index (κ1) is 16.2. The number of rotatable bonds is 4. The lowest BCUT2D eigenvalue weighted by atomic mass is 10.1. The van der Waals surface area contributed by atoms with Gasteiger partial charge in [0.25, 0.3) is 0 Å². The third-order valence-corrected chi connectivity index (χ3v) is 5.59. The molecule has 25 heavy (non-hydrogen) atoms. The van der Waals surface area contributed by atoms with Gasteiger partial charge in [0.1, 0.15) is 17.0 Å². The van der Waals surface area contributed by atoms with Crippen molar-refractivity contribution in [3.8, 4) is 11.1 Å². The smallest absolute Gasteiger partial charge is 0.143 e. The summed E-state index contributed by atoms with van der Waals surface area (Å²) < 4.78 is 1.07. The fourth-order valence-electron chi connectivity index (χ4n) is 2.89. The van der Waals surface area contributed by atoms with Crippen molar-refractivity contribution in [1.82, 2.24) is 9.97 Å². The van der Waals surface area contributed by atoms with Gasteiger partial charge in [0, 0.05) is 21.1 Å². The van der Waals surface area contributed by atoms with Crippen LogP contribution in [0.3, 0.4) is 0 Å². The summed E-state index contributed by atoms with van der Waals surface area (Å²) in [6.45, 7) is 2.16. The molecule has 0 radical (unpaired) electrons. The van der Waals surface area contributed by atoms with Crippen molar-refractivity contribution in [3.05, 3.63) is 70.3 Å². The van der Waals surface area contributed by atoms with Gasteiger partial charge in [-0.05, 0) is 35.7 Å². The zero-order chi connectivity index (χ0) is 17.2. The minimum absolute atomic E-state index is 0.852. The Kier molecular flexibility index (Phi) is 4.51.